The molecular formula is C20H32O4. The maximum absolute atomic E-state index is 12.5. The number of fused-ring (bicyclic) bond motifs is 3. The summed E-state index contributed by atoms with van der Waals surface area (Å²) in [5, 5.41) is 30.0. The van der Waals surface area contributed by atoms with Crippen molar-refractivity contribution in [3.63, 3.8) is 0 Å². The Morgan fingerprint density at radius 2 is 1.92 bits per heavy atom. The quantitative estimate of drug-likeness (QED) is 0.677. The van der Waals surface area contributed by atoms with Gasteiger partial charge in [-0.2, -0.15) is 0 Å². The topological polar surface area (TPSA) is 77.8 Å². The van der Waals surface area contributed by atoms with Crippen LogP contribution in [0.15, 0.2) is 11.6 Å². The van der Waals surface area contributed by atoms with Gasteiger partial charge >= 0.3 is 0 Å². The lowest BCUT2D eigenvalue weighted by Crippen LogP contribution is -2.59. The fourth-order valence-electron chi connectivity index (χ4n) is 6.07. The fraction of sp³-hybridized carbons (Fsp3) is 0.850. The number of Topliss-reactive ketones (excluding diaryl/α,β-unsaturated/α-hetero) is 1. The van der Waals surface area contributed by atoms with Crippen LogP contribution in [0.2, 0.25) is 0 Å². The minimum Gasteiger partial charge on any atom is -0.394 e. The van der Waals surface area contributed by atoms with Gasteiger partial charge in [0.2, 0.25) is 0 Å². The van der Waals surface area contributed by atoms with Crippen LogP contribution < -0.4 is 0 Å². The second kappa shape index (κ2) is 5.65. The van der Waals surface area contributed by atoms with E-state index < -0.39 is 17.6 Å². The Bertz CT molecular complexity index is 566. The zero-order chi connectivity index (χ0) is 17.9. The molecule has 4 heteroatoms. The van der Waals surface area contributed by atoms with E-state index in [0.717, 1.165) is 25.7 Å². The number of carbonyl (C=O) groups excluding carboxylic acids is 1. The predicted molar refractivity (Wildman–Crippen MR) is 92.2 cm³/mol. The first-order valence-corrected chi connectivity index (χ1v) is 9.25. The fourth-order valence-corrected chi connectivity index (χ4v) is 6.07. The van der Waals surface area contributed by atoms with Gasteiger partial charge in [0.15, 0.2) is 5.78 Å². The third-order valence-corrected chi connectivity index (χ3v) is 7.71. The summed E-state index contributed by atoms with van der Waals surface area (Å²) in [4.78, 5) is 12.5. The van der Waals surface area contributed by atoms with Crippen LogP contribution in [-0.4, -0.2) is 39.9 Å². The van der Waals surface area contributed by atoms with E-state index in [4.69, 9.17) is 0 Å². The highest BCUT2D eigenvalue weighted by atomic mass is 16.3. The molecule has 0 spiro atoms. The largest absolute Gasteiger partial charge is 0.394 e. The summed E-state index contributed by atoms with van der Waals surface area (Å²) in [7, 11) is 0. The number of hydrogen-bond acceptors (Lipinski definition) is 4. The van der Waals surface area contributed by atoms with E-state index in [2.05, 4.69) is 19.9 Å². The third-order valence-electron chi connectivity index (χ3n) is 7.71. The van der Waals surface area contributed by atoms with Crippen LogP contribution >= 0.6 is 0 Å². The molecule has 3 rings (SSSR count). The molecule has 0 heterocycles. The Morgan fingerprint density at radius 1 is 1.25 bits per heavy atom. The minimum absolute atomic E-state index is 0.0243. The summed E-state index contributed by atoms with van der Waals surface area (Å²) in [5.74, 6) is 0.605. The lowest BCUT2D eigenvalue weighted by atomic mass is 9.45. The average molecular weight is 336 g/mol. The van der Waals surface area contributed by atoms with Crippen molar-refractivity contribution in [3.05, 3.63) is 11.6 Å². The van der Waals surface area contributed by atoms with Crippen LogP contribution in [0.25, 0.3) is 0 Å². The summed E-state index contributed by atoms with van der Waals surface area (Å²) in [6, 6.07) is 0. The molecule has 0 bridgehead atoms. The van der Waals surface area contributed by atoms with Crippen molar-refractivity contribution in [1.29, 1.82) is 0 Å². The van der Waals surface area contributed by atoms with E-state index in [1.165, 1.54) is 5.57 Å². The molecule has 0 aromatic carbocycles. The summed E-state index contributed by atoms with van der Waals surface area (Å²) < 4.78 is 0. The third kappa shape index (κ3) is 2.41. The van der Waals surface area contributed by atoms with Crippen LogP contribution in [0.1, 0.15) is 59.8 Å². The van der Waals surface area contributed by atoms with Crippen molar-refractivity contribution in [2.45, 2.75) is 72.0 Å². The van der Waals surface area contributed by atoms with Crippen LogP contribution in [0.4, 0.5) is 0 Å². The highest BCUT2D eigenvalue weighted by Gasteiger charge is 2.59. The smallest absolute Gasteiger partial charge is 0.162 e. The summed E-state index contributed by atoms with van der Waals surface area (Å²) in [6.07, 6.45) is 4.64. The Kier molecular flexibility index (Phi) is 4.26. The average Bonchev–Trinajstić information content (AvgIpc) is 2.51. The van der Waals surface area contributed by atoms with Gasteiger partial charge in [-0.05, 0) is 48.3 Å². The molecule has 3 N–H and O–H groups in total. The molecule has 2 saturated carbocycles. The molecule has 6 atom stereocenters. The van der Waals surface area contributed by atoms with E-state index in [9.17, 15) is 20.1 Å². The highest BCUT2D eigenvalue weighted by molar-refractivity contribution is 5.85. The van der Waals surface area contributed by atoms with Crippen molar-refractivity contribution >= 4 is 5.78 Å². The summed E-state index contributed by atoms with van der Waals surface area (Å²) in [5.41, 5.74) is 0.538. The molecule has 4 nitrogen and oxygen atoms in total. The first-order valence-electron chi connectivity index (χ1n) is 9.25. The van der Waals surface area contributed by atoms with Crippen molar-refractivity contribution in [2.75, 3.05) is 6.61 Å². The maximum Gasteiger partial charge on any atom is 0.162 e. The van der Waals surface area contributed by atoms with Gasteiger partial charge in [-0.1, -0.05) is 39.3 Å². The molecular weight excluding hydrogens is 304 g/mol. The first-order chi connectivity index (χ1) is 11.1. The molecule has 0 radical (unpaired) electrons. The van der Waals surface area contributed by atoms with Crippen molar-refractivity contribution in [3.8, 4) is 0 Å². The Morgan fingerprint density at radius 3 is 2.54 bits per heavy atom. The summed E-state index contributed by atoms with van der Waals surface area (Å²) >= 11 is 0. The van der Waals surface area contributed by atoms with E-state index in [1.54, 1.807) is 0 Å². The van der Waals surface area contributed by atoms with Gasteiger partial charge in [-0.3, -0.25) is 4.79 Å². The second-order valence-electron chi connectivity index (χ2n) is 9.56. The number of aliphatic hydroxyl groups is 3. The molecule has 0 unspecified atom stereocenters. The molecule has 24 heavy (non-hydrogen) atoms. The van der Waals surface area contributed by atoms with Gasteiger partial charge < -0.3 is 15.3 Å². The van der Waals surface area contributed by atoms with E-state index in [-0.39, 0.29) is 23.2 Å². The molecule has 3 aliphatic carbocycles. The number of ketones is 1. The van der Waals surface area contributed by atoms with Crippen LogP contribution in [0.5, 0.6) is 0 Å². The van der Waals surface area contributed by atoms with Gasteiger partial charge in [-0.25, -0.2) is 0 Å². The van der Waals surface area contributed by atoms with Crippen molar-refractivity contribution in [1.82, 2.24) is 0 Å². The molecule has 0 aliphatic heterocycles. The number of carbonyl (C=O) groups is 1. The van der Waals surface area contributed by atoms with Gasteiger partial charge in [0.1, 0.15) is 6.10 Å². The van der Waals surface area contributed by atoms with E-state index in [0.29, 0.717) is 18.3 Å². The molecule has 0 amide bonds. The molecule has 0 saturated heterocycles. The number of aliphatic hydroxyl groups excluding tert-OH is 3. The number of allylic oxidation sites excluding steroid dienone is 2. The number of rotatable bonds is 2. The standard InChI is InChI=1S/C20H32O4/c1-18(2)15-6-5-12-9-19(3,16(23)11-21)8-7-13(12)20(15,4)10-14(22)17(18)24/h5,13,15-17,21,23-24H,6-11H2,1-4H3/t13-,15+,16+,17+,19-,20-/m0/s1. The minimum atomic E-state index is -0.865. The molecule has 2 fully saturated rings. The molecule has 0 aromatic heterocycles. The lowest BCUT2D eigenvalue weighted by Gasteiger charge is -2.60. The predicted octanol–water partition coefficient (Wildman–Crippen LogP) is 2.46. The van der Waals surface area contributed by atoms with Crippen LogP contribution in [0.3, 0.4) is 0 Å². The second-order valence-corrected chi connectivity index (χ2v) is 9.56. The Labute approximate surface area is 145 Å². The monoisotopic (exact) mass is 336 g/mol. The lowest BCUT2D eigenvalue weighted by molar-refractivity contribution is -0.161. The Hall–Kier alpha value is -0.710. The van der Waals surface area contributed by atoms with Crippen molar-refractivity contribution in [2.24, 2.45) is 28.1 Å². The van der Waals surface area contributed by atoms with E-state index in [1.807, 2.05) is 13.8 Å². The Balaban J connectivity index is 1.95. The molecule has 136 valence electrons. The van der Waals surface area contributed by atoms with Gasteiger partial charge in [0.05, 0.1) is 12.7 Å². The van der Waals surface area contributed by atoms with E-state index >= 15 is 0 Å². The molecule has 0 aromatic rings. The van der Waals surface area contributed by atoms with Gasteiger partial charge in [0, 0.05) is 11.8 Å². The zero-order valence-corrected chi connectivity index (χ0v) is 15.4. The first kappa shape index (κ1) is 18.1. The number of hydrogen-bond donors (Lipinski definition) is 3. The highest BCUT2D eigenvalue weighted by Crippen LogP contribution is 2.63. The summed E-state index contributed by atoms with van der Waals surface area (Å²) in [6.45, 7) is 8.13. The van der Waals surface area contributed by atoms with Crippen LogP contribution in [-0.2, 0) is 4.79 Å². The van der Waals surface area contributed by atoms with Crippen LogP contribution in [0, 0.1) is 28.1 Å². The molecule has 3 aliphatic rings. The maximum atomic E-state index is 12.5. The van der Waals surface area contributed by atoms with Crippen molar-refractivity contribution < 1.29 is 20.1 Å². The normalized spacial score (nSPS) is 45.9. The van der Waals surface area contributed by atoms with Gasteiger partial charge in [-0.15, -0.1) is 0 Å². The zero-order valence-electron chi connectivity index (χ0n) is 15.4. The SMILES string of the molecule is CC1(C)[C@H](O)C(=O)C[C@]2(C)[C@@H]1CC=C1C[C@@](C)([C@H](O)CO)CC[C@@H]12. The van der Waals surface area contributed by atoms with Gasteiger partial charge in [0.25, 0.3) is 0 Å².